The highest BCUT2D eigenvalue weighted by Crippen LogP contribution is 2.04. The van der Waals surface area contributed by atoms with Crippen LogP contribution in [0.3, 0.4) is 0 Å². The van der Waals surface area contributed by atoms with Crippen molar-refractivity contribution in [2.24, 2.45) is 5.73 Å². The fourth-order valence-corrected chi connectivity index (χ4v) is 0.909. The summed E-state index contributed by atoms with van der Waals surface area (Å²) in [6.45, 7) is 1.77. The van der Waals surface area contributed by atoms with E-state index in [0.717, 1.165) is 0 Å². The van der Waals surface area contributed by atoms with Gasteiger partial charge in [-0.2, -0.15) is 4.98 Å². The van der Waals surface area contributed by atoms with Crippen LogP contribution in [0.25, 0.3) is 0 Å². The molecule has 1 atom stereocenters. The van der Waals surface area contributed by atoms with Crippen LogP contribution < -0.4 is 10.5 Å². The van der Waals surface area contributed by atoms with E-state index in [9.17, 15) is 4.79 Å². The Morgan fingerprint density at radius 1 is 1.67 bits per heavy atom. The quantitative estimate of drug-likeness (QED) is 0.686. The number of rotatable bonds is 4. The van der Waals surface area contributed by atoms with Crippen molar-refractivity contribution < 1.29 is 14.3 Å². The molecule has 6 heteroatoms. The first-order valence-electron chi connectivity index (χ1n) is 4.39. The largest absolute Gasteiger partial charge is 0.475 e. The molecule has 0 aliphatic heterocycles. The van der Waals surface area contributed by atoms with Gasteiger partial charge in [0.15, 0.2) is 0 Å². The zero-order chi connectivity index (χ0) is 11.3. The van der Waals surface area contributed by atoms with Crippen molar-refractivity contribution in [1.82, 2.24) is 9.97 Å². The molecule has 1 aromatic rings. The normalized spacial score (nSPS) is 11.9. The molecule has 1 rings (SSSR count). The molecule has 0 amide bonds. The van der Waals surface area contributed by atoms with Crippen LogP contribution in [-0.4, -0.2) is 35.7 Å². The third-order valence-corrected chi connectivity index (χ3v) is 1.67. The second kappa shape index (κ2) is 5.26. The van der Waals surface area contributed by atoms with Gasteiger partial charge < -0.3 is 15.2 Å². The molecule has 82 valence electrons. The number of hydrogen-bond acceptors (Lipinski definition) is 6. The van der Waals surface area contributed by atoms with Gasteiger partial charge in [0.05, 0.1) is 7.11 Å². The molecule has 6 nitrogen and oxygen atoms in total. The standard InChI is InChI=1S/C9H13N3O3/c1-6-11-4-3-8(12-6)15-5-7(10)9(13)14-2/h3-4,7H,5,10H2,1-2H3. The molecule has 0 aromatic carbocycles. The molecule has 0 radical (unpaired) electrons. The number of hydrogen-bond donors (Lipinski definition) is 1. The summed E-state index contributed by atoms with van der Waals surface area (Å²) >= 11 is 0. The molecule has 0 bridgehead atoms. The van der Waals surface area contributed by atoms with E-state index in [2.05, 4.69) is 14.7 Å². The van der Waals surface area contributed by atoms with Crippen molar-refractivity contribution >= 4 is 5.97 Å². The first-order valence-corrected chi connectivity index (χ1v) is 4.39. The Hall–Kier alpha value is -1.69. The zero-order valence-corrected chi connectivity index (χ0v) is 8.64. The second-order valence-electron chi connectivity index (χ2n) is 2.88. The van der Waals surface area contributed by atoms with Crippen molar-refractivity contribution in [2.75, 3.05) is 13.7 Å². The summed E-state index contributed by atoms with van der Waals surface area (Å²) in [7, 11) is 1.27. The number of ether oxygens (including phenoxy) is 2. The minimum absolute atomic E-state index is 0.0309. The summed E-state index contributed by atoms with van der Waals surface area (Å²) in [6, 6.07) is 0.794. The third kappa shape index (κ3) is 3.51. The molecule has 2 N–H and O–H groups in total. The lowest BCUT2D eigenvalue weighted by Crippen LogP contribution is -2.37. The fraction of sp³-hybridized carbons (Fsp3) is 0.444. The fourth-order valence-electron chi connectivity index (χ4n) is 0.909. The van der Waals surface area contributed by atoms with Gasteiger partial charge in [-0.15, -0.1) is 0 Å². The van der Waals surface area contributed by atoms with Crippen LogP contribution in [0.4, 0.5) is 0 Å². The number of carbonyl (C=O) groups is 1. The van der Waals surface area contributed by atoms with Crippen molar-refractivity contribution in [1.29, 1.82) is 0 Å². The molecule has 1 unspecified atom stereocenters. The lowest BCUT2D eigenvalue weighted by atomic mass is 10.3. The van der Waals surface area contributed by atoms with E-state index in [1.165, 1.54) is 7.11 Å². The topological polar surface area (TPSA) is 87.3 Å². The number of aryl methyl sites for hydroxylation is 1. The summed E-state index contributed by atoms with van der Waals surface area (Å²) < 4.78 is 9.64. The molecular weight excluding hydrogens is 198 g/mol. The van der Waals surface area contributed by atoms with Gasteiger partial charge in [0.2, 0.25) is 5.88 Å². The number of carbonyl (C=O) groups excluding carboxylic acids is 1. The van der Waals surface area contributed by atoms with E-state index in [4.69, 9.17) is 10.5 Å². The van der Waals surface area contributed by atoms with Crippen molar-refractivity contribution in [3.8, 4) is 5.88 Å². The number of methoxy groups -OCH3 is 1. The summed E-state index contributed by atoms with van der Waals surface area (Å²) in [4.78, 5) is 18.8. The van der Waals surface area contributed by atoms with Crippen molar-refractivity contribution in [3.05, 3.63) is 18.1 Å². The minimum Gasteiger partial charge on any atom is -0.475 e. The number of aromatic nitrogens is 2. The minimum atomic E-state index is -0.801. The summed E-state index contributed by atoms with van der Waals surface area (Å²) in [5.41, 5.74) is 5.47. The van der Waals surface area contributed by atoms with Crippen molar-refractivity contribution in [2.45, 2.75) is 13.0 Å². The van der Waals surface area contributed by atoms with Gasteiger partial charge in [-0.05, 0) is 6.92 Å². The first-order chi connectivity index (χ1) is 7.13. The smallest absolute Gasteiger partial charge is 0.326 e. The predicted molar refractivity (Wildman–Crippen MR) is 52.3 cm³/mol. The molecule has 0 aliphatic rings. The van der Waals surface area contributed by atoms with Gasteiger partial charge >= 0.3 is 5.97 Å². The first kappa shape index (κ1) is 11.4. The Kier molecular flexibility index (Phi) is 3.99. The van der Waals surface area contributed by atoms with Gasteiger partial charge in [-0.3, -0.25) is 4.79 Å². The molecule has 0 aliphatic carbocycles. The Morgan fingerprint density at radius 2 is 2.40 bits per heavy atom. The van der Waals surface area contributed by atoms with E-state index in [-0.39, 0.29) is 6.61 Å². The Bertz CT molecular complexity index is 343. The second-order valence-corrected chi connectivity index (χ2v) is 2.88. The van der Waals surface area contributed by atoms with Gasteiger partial charge in [-0.1, -0.05) is 0 Å². The summed E-state index contributed by atoms with van der Waals surface area (Å²) in [6.07, 6.45) is 1.57. The van der Waals surface area contributed by atoms with Gasteiger partial charge in [0.1, 0.15) is 18.5 Å². The van der Waals surface area contributed by atoms with E-state index in [0.29, 0.717) is 11.7 Å². The molecule has 0 saturated carbocycles. The zero-order valence-electron chi connectivity index (χ0n) is 8.64. The van der Waals surface area contributed by atoms with E-state index in [1.54, 1.807) is 19.2 Å². The van der Waals surface area contributed by atoms with Crippen LogP contribution in [0.2, 0.25) is 0 Å². The summed E-state index contributed by atoms with van der Waals surface area (Å²) in [5.74, 6) is 0.474. The lowest BCUT2D eigenvalue weighted by molar-refractivity contribution is -0.142. The Balaban J connectivity index is 2.47. The summed E-state index contributed by atoms with van der Waals surface area (Å²) in [5, 5.41) is 0. The van der Waals surface area contributed by atoms with E-state index < -0.39 is 12.0 Å². The Morgan fingerprint density at radius 3 is 3.00 bits per heavy atom. The average Bonchev–Trinajstić information content (AvgIpc) is 2.25. The highest BCUT2D eigenvalue weighted by Gasteiger charge is 2.14. The van der Waals surface area contributed by atoms with Gasteiger partial charge in [-0.25, -0.2) is 4.98 Å². The maximum absolute atomic E-state index is 10.9. The molecule has 0 saturated heterocycles. The van der Waals surface area contributed by atoms with Crippen LogP contribution in [0.5, 0.6) is 5.88 Å². The maximum Gasteiger partial charge on any atom is 0.326 e. The molecule has 0 fully saturated rings. The average molecular weight is 211 g/mol. The number of nitrogens with zero attached hydrogens (tertiary/aromatic N) is 2. The van der Waals surface area contributed by atoms with Crippen LogP contribution in [-0.2, 0) is 9.53 Å². The predicted octanol–water partition coefficient (Wildman–Crippen LogP) is -0.336. The molecule has 0 spiro atoms. The lowest BCUT2D eigenvalue weighted by Gasteiger charge is -2.10. The highest BCUT2D eigenvalue weighted by atomic mass is 16.5. The molecule has 1 aromatic heterocycles. The van der Waals surface area contributed by atoms with Gasteiger partial charge in [0.25, 0.3) is 0 Å². The molecule has 15 heavy (non-hydrogen) atoms. The van der Waals surface area contributed by atoms with E-state index in [1.807, 2.05) is 0 Å². The Labute approximate surface area is 87.4 Å². The monoisotopic (exact) mass is 211 g/mol. The van der Waals surface area contributed by atoms with E-state index >= 15 is 0 Å². The van der Waals surface area contributed by atoms with Gasteiger partial charge in [0, 0.05) is 12.3 Å². The van der Waals surface area contributed by atoms with Crippen LogP contribution in [0.15, 0.2) is 12.3 Å². The molecule has 1 heterocycles. The van der Waals surface area contributed by atoms with Crippen LogP contribution >= 0.6 is 0 Å². The highest BCUT2D eigenvalue weighted by molar-refractivity contribution is 5.75. The number of esters is 1. The maximum atomic E-state index is 10.9. The van der Waals surface area contributed by atoms with Crippen LogP contribution in [0, 0.1) is 6.92 Å². The SMILES string of the molecule is COC(=O)C(N)COc1ccnc(C)n1. The number of nitrogens with two attached hydrogens (primary N) is 1. The third-order valence-electron chi connectivity index (χ3n) is 1.67. The van der Waals surface area contributed by atoms with Crippen molar-refractivity contribution in [3.63, 3.8) is 0 Å². The van der Waals surface area contributed by atoms with Crippen LogP contribution in [0.1, 0.15) is 5.82 Å². The molecular formula is C9H13N3O3.